The quantitative estimate of drug-likeness (QED) is 0.838. The molecular formula is C14H26ClN3O. The van der Waals surface area contributed by atoms with Crippen molar-refractivity contribution in [2.24, 2.45) is 0 Å². The van der Waals surface area contributed by atoms with Crippen LogP contribution in [0.2, 0.25) is 5.02 Å². The molecule has 0 aliphatic rings. The zero-order valence-electron chi connectivity index (χ0n) is 12.6. The number of rotatable bonds is 7. The minimum atomic E-state index is -0.658. The summed E-state index contributed by atoms with van der Waals surface area (Å²) in [6, 6.07) is 0. The zero-order chi connectivity index (χ0) is 14.6. The largest absolute Gasteiger partial charge is 0.385 e. The van der Waals surface area contributed by atoms with Gasteiger partial charge in [-0.3, -0.25) is 9.58 Å². The van der Waals surface area contributed by atoms with Crippen molar-refractivity contribution in [3.05, 3.63) is 16.9 Å². The first-order chi connectivity index (χ1) is 8.89. The molecule has 19 heavy (non-hydrogen) atoms. The molecule has 0 radical (unpaired) electrons. The molecule has 1 rings (SSSR count). The van der Waals surface area contributed by atoms with Gasteiger partial charge in [0.1, 0.15) is 6.10 Å². The topological polar surface area (TPSA) is 41.3 Å². The number of aliphatic hydroxyl groups excluding tert-OH is 1. The van der Waals surface area contributed by atoms with Gasteiger partial charge in [0.2, 0.25) is 0 Å². The van der Waals surface area contributed by atoms with Gasteiger partial charge >= 0.3 is 0 Å². The first kappa shape index (κ1) is 16.5. The molecule has 1 heterocycles. The van der Waals surface area contributed by atoms with E-state index in [2.05, 4.69) is 30.8 Å². The third kappa shape index (κ3) is 3.30. The minimum Gasteiger partial charge on any atom is -0.385 e. The van der Waals surface area contributed by atoms with Crippen molar-refractivity contribution in [3.63, 3.8) is 0 Å². The highest BCUT2D eigenvalue weighted by molar-refractivity contribution is 6.31. The van der Waals surface area contributed by atoms with Gasteiger partial charge in [0.15, 0.2) is 0 Å². The number of aliphatic hydroxyl groups is 1. The molecule has 0 amide bonds. The molecule has 0 aromatic carbocycles. The van der Waals surface area contributed by atoms with Gasteiger partial charge in [0.05, 0.1) is 16.9 Å². The summed E-state index contributed by atoms with van der Waals surface area (Å²) in [7, 11) is 0. The van der Waals surface area contributed by atoms with E-state index in [1.165, 1.54) is 0 Å². The molecule has 1 N–H and O–H groups in total. The summed E-state index contributed by atoms with van der Waals surface area (Å²) >= 11 is 6.21. The van der Waals surface area contributed by atoms with Crippen LogP contribution in [0.5, 0.6) is 0 Å². The Kier molecular flexibility index (Phi) is 5.83. The molecule has 1 aromatic heterocycles. The molecule has 1 atom stereocenters. The predicted octanol–water partition coefficient (Wildman–Crippen LogP) is 3.10. The fourth-order valence-electron chi connectivity index (χ4n) is 2.58. The van der Waals surface area contributed by atoms with Gasteiger partial charge in [-0.25, -0.2) is 0 Å². The second-order valence-electron chi connectivity index (χ2n) is 5.33. The van der Waals surface area contributed by atoms with Crippen LogP contribution in [0.4, 0.5) is 0 Å². The molecule has 0 bridgehead atoms. The summed E-state index contributed by atoms with van der Waals surface area (Å²) in [4.78, 5) is 2.23. The minimum absolute atomic E-state index is 0.376. The first-order valence-corrected chi connectivity index (χ1v) is 7.42. The average molecular weight is 288 g/mol. The second kappa shape index (κ2) is 6.73. The highest BCUT2D eigenvalue weighted by Crippen LogP contribution is 2.34. The Morgan fingerprint density at radius 1 is 1.37 bits per heavy atom. The van der Waals surface area contributed by atoms with Crippen molar-refractivity contribution >= 4 is 11.6 Å². The van der Waals surface area contributed by atoms with Gasteiger partial charge in [-0.1, -0.05) is 32.4 Å². The van der Waals surface area contributed by atoms with Gasteiger partial charge in [0.25, 0.3) is 0 Å². The van der Waals surface area contributed by atoms with E-state index >= 15 is 0 Å². The molecule has 0 saturated carbocycles. The summed E-state index contributed by atoms with van der Waals surface area (Å²) in [6.45, 7) is 12.9. The second-order valence-corrected chi connectivity index (χ2v) is 5.74. The van der Waals surface area contributed by atoms with Gasteiger partial charge in [-0.05, 0) is 33.4 Å². The van der Waals surface area contributed by atoms with Crippen molar-refractivity contribution in [3.8, 4) is 0 Å². The molecule has 0 aliphatic heterocycles. The lowest BCUT2D eigenvalue weighted by Crippen LogP contribution is -2.48. The lowest BCUT2D eigenvalue weighted by Gasteiger charge is -2.41. The molecule has 0 fully saturated rings. The zero-order valence-corrected chi connectivity index (χ0v) is 13.4. The lowest BCUT2D eigenvalue weighted by atomic mass is 9.92. The summed E-state index contributed by atoms with van der Waals surface area (Å²) in [5.41, 5.74) is 0.346. The maximum absolute atomic E-state index is 10.8. The van der Waals surface area contributed by atoms with E-state index in [-0.39, 0.29) is 5.54 Å². The average Bonchev–Trinajstić information content (AvgIpc) is 2.71. The van der Waals surface area contributed by atoms with Crippen LogP contribution in [0.15, 0.2) is 6.20 Å². The third-order valence-electron chi connectivity index (χ3n) is 3.78. The monoisotopic (exact) mass is 287 g/mol. The van der Waals surface area contributed by atoms with E-state index in [0.29, 0.717) is 5.02 Å². The number of aryl methyl sites for hydroxylation is 1. The van der Waals surface area contributed by atoms with E-state index in [4.69, 9.17) is 11.6 Å². The first-order valence-electron chi connectivity index (χ1n) is 7.04. The number of halogens is 1. The van der Waals surface area contributed by atoms with Gasteiger partial charge < -0.3 is 5.11 Å². The summed E-state index contributed by atoms with van der Waals surface area (Å²) in [5, 5.41) is 15.6. The maximum Gasteiger partial charge on any atom is 0.115 e. The van der Waals surface area contributed by atoms with E-state index in [0.717, 1.165) is 31.7 Å². The van der Waals surface area contributed by atoms with Crippen LogP contribution < -0.4 is 0 Å². The van der Waals surface area contributed by atoms with Crippen molar-refractivity contribution < 1.29 is 5.11 Å². The molecule has 1 aromatic rings. The van der Waals surface area contributed by atoms with Gasteiger partial charge in [-0.2, -0.15) is 5.10 Å². The van der Waals surface area contributed by atoms with E-state index in [1.54, 1.807) is 6.20 Å². The van der Waals surface area contributed by atoms with Gasteiger partial charge in [0, 0.05) is 12.1 Å². The Morgan fingerprint density at radius 3 is 2.42 bits per heavy atom. The molecule has 5 heteroatoms. The van der Waals surface area contributed by atoms with Crippen LogP contribution in [0.25, 0.3) is 0 Å². The SMILES string of the molecule is CCCn1ncc(Cl)c1C(O)C(C)(C)N(CC)CC. The van der Waals surface area contributed by atoms with Crippen molar-refractivity contribution in [1.82, 2.24) is 14.7 Å². The Balaban J connectivity index is 3.11. The van der Waals surface area contributed by atoms with Gasteiger partial charge in [-0.15, -0.1) is 0 Å². The third-order valence-corrected chi connectivity index (χ3v) is 4.07. The predicted molar refractivity (Wildman–Crippen MR) is 79.5 cm³/mol. The Labute approximate surface area is 121 Å². The standard InChI is InChI=1S/C14H26ClN3O/c1-6-9-18-12(11(15)10-16-18)13(19)14(4,5)17(7-2)8-3/h10,13,19H,6-9H2,1-5H3. The van der Waals surface area contributed by atoms with Crippen molar-refractivity contribution in [2.75, 3.05) is 13.1 Å². The van der Waals surface area contributed by atoms with Crippen molar-refractivity contribution in [1.29, 1.82) is 0 Å². The van der Waals surface area contributed by atoms with Crippen LogP contribution in [-0.2, 0) is 6.54 Å². The normalized spacial score (nSPS) is 14.1. The highest BCUT2D eigenvalue weighted by Gasteiger charge is 2.37. The summed E-state index contributed by atoms with van der Waals surface area (Å²) in [6.07, 6.45) is 1.92. The Hall–Kier alpha value is -0.580. The van der Waals surface area contributed by atoms with E-state index in [9.17, 15) is 5.11 Å². The Morgan fingerprint density at radius 2 is 1.95 bits per heavy atom. The number of hydrogen-bond acceptors (Lipinski definition) is 3. The Bertz CT molecular complexity index is 399. The smallest absolute Gasteiger partial charge is 0.115 e. The number of hydrogen-bond donors (Lipinski definition) is 1. The molecule has 0 aliphatic carbocycles. The van der Waals surface area contributed by atoms with E-state index in [1.807, 2.05) is 18.5 Å². The maximum atomic E-state index is 10.8. The molecule has 1 unspecified atom stereocenters. The van der Waals surface area contributed by atoms with Crippen LogP contribution in [0.3, 0.4) is 0 Å². The molecular weight excluding hydrogens is 262 g/mol. The number of likely N-dealkylation sites (N-methyl/N-ethyl adjacent to an activating group) is 1. The molecule has 4 nitrogen and oxygen atoms in total. The molecule has 0 saturated heterocycles. The van der Waals surface area contributed by atoms with Crippen LogP contribution in [-0.4, -0.2) is 38.4 Å². The van der Waals surface area contributed by atoms with Crippen molar-refractivity contribution in [2.45, 2.75) is 59.2 Å². The van der Waals surface area contributed by atoms with Crippen LogP contribution >= 0.6 is 11.6 Å². The lowest BCUT2D eigenvalue weighted by molar-refractivity contribution is -0.0111. The fraction of sp³-hybridized carbons (Fsp3) is 0.786. The van der Waals surface area contributed by atoms with Crippen LogP contribution in [0, 0.1) is 0 Å². The summed E-state index contributed by atoms with van der Waals surface area (Å²) < 4.78 is 1.82. The van der Waals surface area contributed by atoms with E-state index < -0.39 is 6.10 Å². The highest BCUT2D eigenvalue weighted by atomic mass is 35.5. The summed E-state index contributed by atoms with van der Waals surface area (Å²) in [5.74, 6) is 0. The number of aromatic nitrogens is 2. The molecule has 110 valence electrons. The van der Waals surface area contributed by atoms with Crippen LogP contribution in [0.1, 0.15) is 52.8 Å². The molecule has 0 spiro atoms. The number of nitrogens with zero attached hydrogens (tertiary/aromatic N) is 3. The fourth-order valence-corrected chi connectivity index (χ4v) is 2.82.